The first-order chi connectivity index (χ1) is 15.5. The number of rotatable bonds is 7. The van der Waals surface area contributed by atoms with Crippen LogP contribution in [0.3, 0.4) is 0 Å². The van der Waals surface area contributed by atoms with Crippen molar-refractivity contribution in [3.63, 3.8) is 0 Å². The van der Waals surface area contributed by atoms with Crippen LogP contribution in [0.1, 0.15) is 50.5 Å². The molecule has 0 saturated heterocycles. The number of fused-ring (bicyclic) bond motifs is 1. The van der Waals surface area contributed by atoms with Gasteiger partial charge in [-0.05, 0) is 36.6 Å². The van der Waals surface area contributed by atoms with Crippen molar-refractivity contribution in [1.29, 1.82) is 0 Å². The van der Waals surface area contributed by atoms with Gasteiger partial charge in [-0.3, -0.25) is 9.78 Å². The van der Waals surface area contributed by atoms with E-state index >= 15 is 0 Å². The number of carbonyl (C=O) groups excluding carboxylic acids is 1. The maximum atomic E-state index is 13.2. The number of aromatic nitrogens is 1. The highest BCUT2D eigenvalue weighted by Crippen LogP contribution is 2.40. The Bertz CT molecular complexity index is 1010. The highest BCUT2D eigenvalue weighted by molar-refractivity contribution is 6.17. The molecule has 0 amide bonds. The van der Waals surface area contributed by atoms with E-state index in [9.17, 15) is 9.90 Å². The lowest BCUT2D eigenvalue weighted by molar-refractivity contribution is 0.103. The first-order valence-electron chi connectivity index (χ1n) is 10.6. The fraction of sp³-hybridized carbons (Fsp3) is 0.360. The summed E-state index contributed by atoms with van der Waals surface area (Å²) in [4.78, 5) is 17.3. The summed E-state index contributed by atoms with van der Waals surface area (Å²) in [6.07, 6.45) is 2.97. The van der Waals surface area contributed by atoms with Crippen molar-refractivity contribution in [1.82, 2.24) is 4.98 Å². The third-order valence-electron chi connectivity index (χ3n) is 4.35. The first-order valence-corrected chi connectivity index (χ1v) is 10.6. The highest BCUT2D eigenvalue weighted by atomic mass is 16.5. The largest absolute Gasteiger partial charge is 0.504 e. The maximum absolute atomic E-state index is 13.2. The standard InChI is InChI=1S/C21H21NO6.2C2H6/c1-5-28-16-7-6-13-14(10-22-11-15(13)20(16)24)19(23)12-8-17(25-2)21(27-4)18(9-12)26-3;2*1-2/h6-11,24H,5H2,1-4H3;2*1-2H3. The van der Waals surface area contributed by atoms with Crippen LogP contribution >= 0.6 is 0 Å². The molecule has 0 aliphatic rings. The second kappa shape index (κ2) is 13.0. The van der Waals surface area contributed by atoms with Gasteiger partial charge in [-0.1, -0.05) is 27.7 Å². The van der Waals surface area contributed by atoms with Gasteiger partial charge in [0.1, 0.15) is 0 Å². The molecule has 32 heavy (non-hydrogen) atoms. The summed E-state index contributed by atoms with van der Waals surface area (Å²) in [7, 11) is 4.46. The molecule has 174 valence electrons. The predicted octanol–water partition coefficient (Wildman–Crippen LogP) is 5.65. The quantitative estimate of drug-likeness (QED) is 0.472. The van der Waals surface area contributed by atoms with Gasteiger partial charge in [0.05, 0.1) is 27.9 Å². The van der Waals surface area contributed by atoms with Crippen molar-refractivity contribution in [3.05, 3.63) is 47.8 Å². The lowest BCUT2D eigenvalue weighted by atomic mass is 9.98. The summed E-state index contributed by atoms with van der Waals surface area (Å²) in [6.45, 7) is 10.2. The second-order valence-corrected chi connectivity index (χ2v) is 5.87. The molecule has 7 heteroatoms. The van der Waals surface area contributed by atoms with Crippen LogP contribution in [0, 0.1) is 0 Å². The average molecular weight is 444 g/mol. The fourth-order valence-corrected chi connectivity index (χ4v) is 3.03. The topological polar surface area (TPSA) is 87.1 Å². The fourth-order valence-electron chi connectivity index (χ4n) is 3.03. The average Bonchev–Trinajstić information content (AvgIpc) is 2.86. The minimum atomic E-state index is -0.291. The molecule has 0 aliphatic heterocycles. The van der Waals surface area contributed by atoms with Crippen LogP contribution in [0.25, 0.3) is 10.8 Å². The number of aromatic hydroxyl groups is 1. The monoisotopic (exact) mass is 443 g/mol. The molecule has 0 radical (unpaired) electrons. The van der Waals surface area contributed by atoms with Crippen molar-refractivity contribution in [3.8, 4) is 28.7 Å². The molecule has 0 bridgehead atoms. The number of phenols is 1. The van der Waals surface area contributed by atoms with Crippen molar-refractivity contribution >= 4 is 16.6 Å². The van der Waals surface area contributed by atoms with Crippen LogP contribution in [0.2, 0.25) is 0 Å². The van der Waals surface area contributed by atoms with E-state index in [4.69, 9.17) is 18.9 Å². The van der Waals surface area contributed by atoms with Gasteiger partial charge in [0.25, 0.3) is 0 Å². The van der Waals surface area contributed by atoms with Crippen molar-refractivity contribution < 1.29 is 28.8 Å². The normalized spacial score (nSPS) is 9.62. The number of phenolic OH excluding ortho intramolecular Hbond substituents is 1. The molecule has 3 rings (SSSR count). The number of ketones is 1. The van der Waals surface area contributed by atoms with E-state index < -0.39 is 0 Å². The zero-order valence-corrected chi connectivity index (χ0v) is 20.1. The number of nitrogens with zero attached hydrogens (tertiary/aromatic N) is 1. The Hall–Kier alpha value is -3.48. The summed E-state index contributed by atoms with van der Waals surface area (Å²) < 4.78 is 21.4. The van der Waals surface area contributed by atoms with E-state index in [1.165, 1.54) is 33.7 Å². The van der Waals surface area contributed by atoms with Crippen molar-refractivity contribution in [2.45, 2.75) is 34.6 Å². The smallest absolute Gasteiger partial charge is 0.203 e. The minimum Gasteiger partial charge on any atom is -0.504 e. The molecule has 0 aliphatic carbocycles. The molecule has 0 saturated carbocycles. The summed E-state index contributed by atoms with van der Waals surface area (Å²) in [5.74, 6) is 1.15. The van der Waals surface area contributed by atoms with Crippen LogP contribution in [0.15, 0.2) is 36.7 Å². The van der Waals surface area contributed by atoms with Gasteiger partial charge in [0, 0.05) is 28.9 Å². The minimum absolute atomic E-state index is 0.0496. The van der Waals surface area contributed by atoms with E-state index in [1.54, 1.807) is 24.3 Å². The number of hydrogen-bond acceptors (Lipinski definition) is 7. The molecular weight excluding hydrogens is 410 g/mol. The number of hydrogen-bond donors (Lipinski definition) is 1. The van der Waals surface area contributed by atoms with Gasteiger partial charge in [-0.25, -0.2) is 0 Å². The third-order valence-corrected chi connectivity index (χ3v) is 4.35. The van der Waals surface area contributed by atoms with E-state index in [-0.39, 0.29) is 11.5 Å². The SMILES string of the molecule is CC.CC.CCOc1ccc2c(C(=O)c3cc(OC)c(OC)c(OC)c3)cncc2c1O. The summed E-state index contributed by atoms with van der Waals surface area (Å²) in [5.41, 5.74) is 0.683. The van der Waals surface area contributed by atoms with Gasteiger partial charge in [0.15, 0.2) is 28.8 Å². The summed E-state index contributed by atoms with van der Waals surface area (Å²) in [5, 5.41) is 11.5. The van der Waals surface area contributed by atoms with E-state index in [1.807, 2.05) is 34.6 Å². The Morgan fingerprint density at radius 1 is 0.875 bits per heavy atom. The maximum Gasteiger partial charge on any atom is 0.203 e. The summed E-state index contributed by atoms with van der Waals surface area (Å²) >= 11 is 0. The Labute approximate surface area is 189 Å². The molecular formula is C25H33NO6. The van der Waals surface area contributed by atoms with Crippen molar-refractivity contribution in [2.75, 3.05) is 27.9 Å². The number of benzene rings is 2. The lowest BCUT2D eigenvalue weighted by Crippen LogP contribution is -2.05. The van der Waals surface area contributed by atoms with Gasteiger partial charge in [-0.2, -0.15) is 0 Å². The molecule has 0 unspecified atom stereocenters. The zero-order valence-electron chi connectivity index (χ0n) is 20.1. The predicted molar refractivity (Wildman–Crippen MR) is 127 cm³/mol. The van der Waals surface area contributed by atoms with E-state index in [0.29, 0.717) is 51.5 Å². The van der Waals surface area contributed by atoms with Gasteiger partial charge < -0.3 is 24.1 Å². The number of pyridine rings is 1. The van der Waals surface area contributed by atoms with Crippen LogP contribution in [0.4, 0.5) is 0 Å². The lowest BCUT2D eigenvalue weighted by Gasteiger charge is -2.14. The number of carbonyl (C=O) groups is 1. The molecule has 3 aromatic rings. The van der Waals surface area contributed by atoms with Gasteiger partial charge in [0.2, 0.25) is 5.75 Å². The highest BCUT2D eigenvalue weighted by Gasteiger charge is 2.21. The van der Waals surface area contributed by atoms with E-state index in [0.717, 1.165) is 0 Å². The second-order valence-electron chi connectivity index (χ2n) is 5.87. The molecule has 1 heterocycles. The Kier molecular flexibility index (Phi) is 10.8. The van der Waals surface area contributed by atoms with Crippen LogP contribution in [-0.4, -0.2) is 43.8 Å². The molecule has 0 spiro atoms. The van der Waals surface area contributed by atoms with Gasteiger partial charge >= 0.3 is 0 Å². The molecule has 7 nitrogen and oxygen atoms in total. The third kappa shape index (κ3) is 5.41. The summed E-state index contributed by atoms with van der Waals surface area (Å²) in [6, 6.07) is 6.52. The molecule has 2 aromatic carbocycles. The van der Waals surface area contributed by atoms with Crippen LogP contribution in [-0.2, 0) is 0 Å². The molecule has 0 atom stereocenters. The molecule has 0 fully saturated rings. The van der Waals surface area contributed by atoms with E-state index in [2.05, 4.69) is 4.98 Å². The van der Waals surface area contributed by atoms with Crippen LogP contribution in [0.5, 0.6) is 28.7 Å². The Morgan fingerprint density at radius 2 is 1.47 bits per heavy atom. The van der Waals surface area contributed by atoms with Crippen molar-refractivity contribution in [2.24, 2.45) is 0 Å². The van der Waals surface area contributed by atoms with Crippen LogP contribution < -0.4 is 18.9 Å². The molecule has 1 N–H and O–H groups in total. The number of methoxy groups -OCH3 is 3. The zero-order chi connectivity index (χ0) is 24.3. The van der Waals surface area contributed by atoms with Gasteiger partial charge in [-0.15, -0.1) is 0 Å². The molecule has 1 aromatic heterocycles. The number of ether oxygens (including phenoxy) is 4. The first kappa shape index (κ1) is 26.6. The Balaban J connectivity index is 0.00000121. The Morgan fingerprint density at radius 3 is 1.97 bits per heavy atom.